The van der Waals surface area contributed by atoms with Crippen LogP contribution in [0, 0.1) is 5.92 Å². The average molecular weight is 304 g/mol. The molecule has 2 atom stereocenters. The number of carboxylic acid groups (broad SMARTS) is 1. The molecule has 2 heterocycles. The summed E-state index contributed by atoms with van der Waals surface area (Å²) < 4.78 is 0. The molecule has 2 rings (SSSR count). The second-order valence-electron chi connectivity index (χ2n) is 4.95. The van der Waals surface area contributed by atoms with E-state index >= 15 is 0 Å². The molecule has 0 spiro atoms. The van der Waals surface area contributed by atoms with Gasteiger partial charge in [0.05, 0.1) is 0 Å². The fourth-order valence-corrected chi connectivity index (χ4v) is 5.01. The lowest BCUT2D eigenvalue weighted by atomic mass is 10.1. The van der Waals surface area contributed by atoms with Gasteiger partial charge in [-0.3, -0.25) is 4.79 Å². The van der Waals surface area contributed by atoms with Crippen LogP contribution in [0.5, 0.6) is 0 Å². The first-order valence-electron chi connectivity index (χ1n) is 6.59. The van der Waals surface area contributed by atoms with Crippen LogP contribution in [0.25, 0.3) is 0 Å². The highest BCUT2D eigenvalue weighted by molar-refractivity contribution is 8.06. The van der Waals surface area contributed by atoms with Crippen molar-refractivity contribution in [3.05, 3.63) is 0 Å². The van der Waals surface area contributed by atoms with Crippen molar-refractivity contribution in [3.63, 3.8) is 0 Å². The lowest BCUT2D eigenvalue weighted by Gasteiger charge is -2.23. The molecule has 108 valence electrons. The molecular weight excluding hydrogens is 284 g/mol. The maximum Gasteiger partial charge on any atom is 0.317 e. The van der Waals surface area contributed by atoms with Crippen molar-refractivity contribution >= 4 is 35.5 Å². The first kappa shape index (κ1) is 14.8. The van der Waals surface area contributed by atoms with E-state index in [1.807, 2.05) is 23.5 Å². The molecule has 2 saturated heterocycles. The summed E-state index contributed by atoms with van der Waals surface area (Å²) in [4.78, 5) is 24.4. The molecule has 2 N–H and O–H groups in total. The van der Waals surface area contributed by atoms with E-state index < -0.39 is 5.97 Å². The molecule has 5 nitrogen and oxygen atoms in total. The summed E-state index contributed by atoms with van der Waals surface area (Å²) in [7, 11) is 0. The number of carboxylic acids is 1. The SMILES string of the molecule is O=C(O)CC1CCN(C(=O)NCC2CSCCS2)C1. The van der Waals surface area contributed by atoms with Crippen molar-refractivity contribution in [1.82, 2.24) is 10.2 Å². The summed E-state index contributed by atoms with van der Waals surface area (Å²) in [5.41, 5.74) is 0. The third-order valence-electron chi connectivity index (χ3n) is 3.40. The van der Waals surface area contributed by atoms with Crippen molar-refractivity contribution in [1.29, 1.82) is 0 Å². The number of carbonyl (C=O) groups excluding carboxylic acids is 1. The van der Waals surface area contributed by atoms with Crippen molar-refractivity contribution in [3.8, 4) is 0 Å². The van der Waals surface area contributed by atoms with Crippen LogP contribution in [0.4, 0.5) is 4.79 Å². The minimum absolute atomic E-state index is 0.0379. The van der Waals surface area contributed by atoms with Gasteiger partial charge >= 0.3 is 12.0 Å². The fraction of sp³-hybridized carbons (Fsp3) is 0.833. The number of nitrogens with one attached hydrogen (secondary N) is 1. The van der Waals surface area contributed by atoms with Gasteiger partial charge in [-0.25, -0.2) is 4.79 Å². The first-order valence-corrected chi connectivity index (χ1v) is 8.79. The normalized spacial score (nSPS) is 27.3. The van der Waals surface area contributed by atoms with Crippen LogP contribution < -0.4 is 5.32 Å². The van der Waals surface area contributed by atoms with Crippen LogP contribution in [0.2, 0.25) is 0 Å². The van der Waals surface area contributed by atoms with E-state index in [0.717, 1.165) is 24.5 Å². The number of likely N-dealkylation sites (tertiary alicyclic amines) is 1. The third-order valence-corrected chi connectivity index (χ3v) is 6.25. The Hall–Kier alpha value is -0.560. The van der Waals surface area contributed by atoms with Crippen molar-refractivity contribution in [2.75, 3.05) is 36.9 Å². The van der Waals surface area contributed by atoms with Crippen molar-refractivity contribution in [2.24, 2.45) is 5.92 Å². The predicted molar refractivity (Wildman–Crippen MR) is 78.9 cm³/mol. The Bertz CT molecular complexity index is 335. The van der Waals surface area contributed by atoms with E-state index in [4.69, 9.17) is 5.11 Å². The molecular formula is C12H20N2O3S2. The molecule has 0 saturated carbocycles. The standard InChI is InChI=1S/C12H20N2O3S2/c15-11(16)5-9-1-2-14(7-9)12(17)13-6-10-8-18-3-4-19-10/h9-10H,1-8H2,(H,13,17)(H,15,16). The zero-order valence-electron chi connectivity index (χ0n) is 10.8. The minimum Gasteiger partial charge on any atom is -0.481 e. The number of amides is 2. The van der Waals surface area contributed by atoms with E-state index in [-0.39, 0.29) is 18.4 Å². The molecule has 0 aliphatic carbocycles. The molecule has 7 heteroatoms. The van der Waals surface area contributed by atoms with Gasteiger partial charge in [0.15, 0.2) is 0 Å². The lowest BCUT2D eigenvalue weighted by Crippen LogP contribution is -2.42. The summed E-state index contributed by atoms with van der Waals surface area (Å²) in [6.45, 7) is 1.97. The van der Waals surface area contributed by atoms with Gasteiger partial charge in [-0.05, 0) is 12.3 Å². The van der Waals surface area contributed by atoms with E-state index in [9.17, 15) is 9.59 Å². The fourth-order valence-electron chi connectivity index (χ4n) is 2.40. The molecule has 0 aromatic carbocycles. The monoisotopic (exact) mass is 304 g/mol. The molecule has 2 aliphatic heterocycles. The van der Waals surface area contributed by atoms with Crippen LogP contribution in [0.1, 0.15) is 12.8 Å². The number of thioether (sulfide) groups is 2. The maximum atomic E-state index is 12.0. The molecule has 0 bridgehead atoms. The summed E-state index contributed by atoms with van der Waals surface area (Å²) in [5, 5.41) is 12.2. The van der Waals surface area contributed by atoms with Crippen molar-refractivity contribution in [2.45, 2.75) is 18.1 Å². The van der Waals surface area contributed by atoms with Gasteiger partial charge < -0.3 is 15.3 Å². The first-order chi connectivity index (χ1) is 9.15. The van der Waals surface area contributed by atoms with Gasteiger partial charge in [-0.2, -0.15) is 23.5 Å². The summed E-state index contributed by atoms with van der Waals surface area (Å²) in [6, 6.07) is -0.0379. The summed E-state index contributed by atoms with van der Waals surface area (Å²) in [5.74, 6) is 2.81. The highest BCUT2D eigenvalue weighted by atomic mass is 32.2. The van der Waals surface area contributed by atoms with E-state index in [0.29, 0.717) is 18.3 Å². The molecule has 19 heavy (non-hydrogen) atoms. The smallest absolute Gasteiger partial charge is 0.317 e. The van der Waals surface area contributed by atoms with Crippen molar-refractivity contribution < 1.29 is 14.7 Å². The van der Waals surface area contributed by atoms with Gasteiger partial charge in [0.1, 0.15) is 0 Å². The Morgan fingerprint density at radius 2 is 2.21 bits per heavy atom. The molecule has 2 fully saturated rings. The largest absolute Gasteiger partial charge is 0.481 e. The average Bonchev–Trinajstić information content (AvgIpc) is 2.85. The minimum atomic E-state index is -0.775. The number of hydrogen-bond acceptors (Lipinski definition) is 4. The van der Waals surface area contributed by atoms with Crippen LogP contribution in [0.3, 0.4) is 0 Å². The highest BCUT2D eigenvalue weighted by Crippen LogP contribution is 2.23. The Kier molecular flexibility index (Phi) is 5.69. The van der Waals surface area contributed by atoms with E-state index in [1.54, 1.807) is 4.90 Å². The lowest BCUT2D eigenvalue weighted by molar-refractivity contribution is -0.138. The predicted octanol–water partition coefficient (Wildman–Crippen LogP) is 1.34. The maximum absolute atomic E-state index is 12.0. The Balaban J connectivity index is 1.67. The van der Waals surface area contributed by atoms with Gasteiger partial charge in [-0.1, -0.05) is 0 Å². The third kappa shape index (κ3) is 4.80. The summed E-state index contributed by atoms with van der Waals surface area (Å²) in [6.07, 6.45) is 0.965. The van der Waals surface area contributed by atoms with Crippen LogP contribution in [0.15, 0.2) is 0 Å². The molecule has 0 radical (unpaired) electrons. The molecule has 2 unspecified atom stereocenters. The van der Waals surface area contributed by atoms with Crippen LogP contribution in [-0.4, -0.2) is 64.1 Å². The van der Waals surface area contributed by atoms with Gasteiger partial charge in [0, 0.05) is 48.6 Å². The van der Waals surface area contributed by atoms with Gasteiger partial charge in [-0.15, -0.1) is 0 Å². The second-order valence-corrected chi connectivity index (χ2v) is 7.51. The number of nitrogens with zero attached hydrogens (tertiary/aromatic N) is 1. The second kappa shape index (κ2) is 7.28. The van der Waals surface area contributed by atoms with Gasteiger partial charge in [0.25, 0.3) is 0 Å². The highest BCUT2D eigenvalue weighted by Gasteiger charge is 2.28. The number of hydrogen-bond donors (Lipinski definition) is 2. The Morgan fingerprint density at radius 1 is 1.37 bits per heavy atom. The molecule has 2 aliphatic rings. The topological polar surface area (TPSA) is 69.6 Å². The van der Waals surface area contributed by atoms with Gasteiger partial charge in [0.2, 0.25) is 0 Å². The zero-order chi connectivity index (χ0) is 13.7. The quantitative estimate of drug-likeness (QED) is 0.820. The molecule has 0 aromatic rings. The number of urea groups is 1. The zero-order valence-corrected chi connectivity index (χ0v) is 12.5. The number of aliphatic carboxylic acids is 1. The van der Waals surface area contributed by atoms with Crippen LogP contribution in [-0.2, 0) is 4.79 Å². The van der Waals surface area contributed by atoms with E-state index in [1.165, 1.54) is 5.75 Å². The molecule has 2 amide bonds. The van der Waals surface area contributed by atoms with Crippen LogP contribution >= 0.6 is 23.5 Å². The molecule has 0 aromatic heterocycles. The Labute approximate surface area is 121 Å². The Morgan fingerprint density at radius 3 is 2.89 bits per heavy atom. The number of carbonyl (C=O) groups is 2. The number of rotatable bonds is 4. The van der Waals surface area contributed by atoms with E-state index in [2.05, 4.69) is 5.32 Å². The summed E-state index contributed by atoms with van der Waals surface area (Å²) >= 11 is 3.87.